The lowest BCUT2D eigenvalue weighted by atomic mass is 10.1. The van der Waals surface area contributed by atoms with Gasteiger partial charge in [0.2, 0.25) is 0 Å². The normalized spacial score (nSPS) is 11.1. The molecule has 0 fully saturated rings. The molecule has 0 saturated carbocycles. The van der Waals surface area contributed by atoms with E-state index >= 15 is 0 Å². The van der Waals surface area contributed by atoms with E-state index in [4.69, 9.17) is 16.3 Å². The van der Waals surface area contributed by atoms with E-state index in [0.717, 1.165) is 21.2 Å². The SMILES string of the molecule is CN(C(=O)[C@H](Cc1ccccc1)NC(=O)OCc1ccccc1)N(C#N)Cc1ccc(Br)c(Cl)c1. The van der Waals surface area contributed by atoms with Gasteiger partial charge in [0.05, 0.1) is 11.6 Å². The summed E-state index contributed by atoms with van der Waals surface area (Å²) >= 11 is 9.50. The predicted molar refractivity (Wildman–Crippen MR) is 137 cm³/mol. The van der Waals surface area contributed by atoms with E-state index in [2.05, 4.69) is 21.2 Å². The van der Waals surface area contributed by atoms with Crippen molar-refractivity contribution in [3.8, 4) is 6.19 Å². The van der Waals surface area contributed by atoms with Crippen molar-refractivity contribution in [3.63, 3.8) is 0 Å². The molecule has 1 N–H and O–H groups in total. The molecule has 0 spiro atoms. The first-order chi connectivity index (χ1) is 16.9. The molecule has 35 heavy (non-hydrogen) atoms. The van der Waals surface area contributed by atoms with Crippen LogP contribution in [0.3, 0.4) is 0 Å². The summed E-state index contributed by atoms with van der Waals surface area (Å²) in [7, 11) is 1.49. The van der Waals surface area contributed by atoms with Gasteiger partial charge in [-0.1, -0.05) is 78.3 Å². The summed E-state index contributed by atoms with van der Waals surface area (Å²) in [6.07, 6.45) is 1.53. The van der Waals surface area contributed by atoms with Crippen molar-refractivity contribution in [2.24, 2.45) is 0 Å². The number of nitriles is 1. The molecule has 0 radical (unpaired) electrons. The smallest absolute Gasteiger partial charge is 0.408 e. The van der Waals surface area contributed by atoms with Gasteiger partial charge in [-0.3, -0.25) is 4.79 Å². The monoisotopic (exact) mass is 554 g/mol. The van der Waals surface area contributed by atoms with Crippen LogP contribution in [0.1, 0.15) is 16.7 Å². The van der Waals surface area contributed by atoms with E-state index in [1.165, 1.54) is 17.1 Å². The molecule has 1 atom stereocenters. The number of amides is 2. The van der Waals surface area contributed by atoms with Gasteiger partial charge in [-0.25, -0.2) is 14.8 Å². The molecule has 0 aliphatic heterocycles. The second-order valence-corrected chi connectivity index (χ2v) is 8.98. The molecule has 9 heteroatoms. The lowest BCUT2D eigenvalue weighted by molar-refractivity contribution is -0.143. The molecule has 0 aliphatic rings. The molecule has 7 nitrogen and oxygen atoms in total. The number of hydrogen-bond acceptors (Lipinski definition) is 5. The highest BCUT2D eigenvalue weighted by molar-refractivity contribution is 9.10. The Kier molecular flexibility index (Phi) is 9.53. The van der Waals surface area contributed by atoms with Gasteiger partial charge >= 0.3 is 6.09 Å². The van der Waals surface area contributed by atoms with Crippen LogP contribution in [-0.4, -0.2) is 35.1 Å². The van der Waals surface area contributed by atoms with Gasteiger partial charge in [0, 0.05) is 17.9 Å². The highest BCUT2D eigenvalue weighted by Crippen LogP contribution is 2.24. The van der Waals surface area contributed by atoms with Crippen LogP contribution in [0.4, 0.5) is 4.79 Å². The number of carbonyl (C=O) groups is 2. The van der Waals surface area contributed by atoms with Gasteiger partial charge in [-0.15, -0.1) is 0 Å². The second kappa shape index (κ2) is 12.8. The first-order valence-corrected chi connectivity index (χ1v) is 11.9. The summed E-state index contributed by atoms with van der Waals surface area (Å²) in [4.78, 5) is 25.9. The third kappa shape index (κ3) is 7.74. The number of alkyl carbamates (subject to hydrolysis) is 1. The fraction of sp³-hybridized carbons (Fsp3) is 0.192. The van der Waals surface area contributed by atoms with Crippen molar-refractivity contribution >= 4 is 39.5 Å². The summed E-state index contributed by atoms with van der Waals surface area (Å²) in [5.74, 6) is -0.463. The minimum Gasteiger partial charge on any atom is -0.445 e. The maximum atomic E-state index is 13.4. The van der Waals surface area contributed by atoms with Crippen molar-refractivity contribution in [2.45, 2.75) is 25.6 Å². The average Bonchev–Trinajstić information content (AvgIpc) is 2.88. The first kappa shape index (κ1) is 26.1. The number of benzene rings is 3. The fourth-order valence-electron chi connectivity index (χ4n) is 3.32. The van der Waals surface area contributed by atoms with Crippen LogP contribution in [0.15, 0.2) is 83.3 Å². The molecule has 180 valence electrons. The summed E-state index contributed by atoms with van der Waals surface area (Å²) < 4.78 is 6.05. The van der Waals surface area contributed by atoms with Crippen LogP contribution >= 0.6 is 27.5 Å². The summed E-state index contributed by atoms with van der Waals surface area (Å²) in [6.45, 7) is 0.200. The van der Waals surface area contributed by atoms with Crippen LogP contribution < -0.4 is 5.32 Å². The van der Waals surface area contributed by atoms with E-state index in [0.29, 0.717) is 5.02 Å². The highest BCUT2D eigenvalue weighted by Gasteiger charge is 2.28. The maximum Gasteiger partial charge on any atom is 0.408 e. The van der Waals surface area contributed by atoms with Crippen LogP contribution in [-0.2, 0) is 29.1 Å². The van der Waals surface area contributed by atoms with Crippen LogP contribution in [0.25, 0.3) is 0 Å². The maximum absolute atomic E-state index is 13.4. The Morgan fingerprint density at radius 3 is 2.26 bits per heavy atom. The lowest BCUT2D eigenvalue weighted by Gasteiger charge is -2.30. The van der Waals surface area contributed by atoms with Gasteiger partial charge < -0.3 is 10.1 Å². The summed E-state index contributed by atoms with van der Waals surface area (Å²) in [6, 6.07) is 22.9. The summed E-state index contributed by atoms with van der Waals surface area (Å²) in [5, 5.41) is 15.3. The Hall–Kier alpha value is -3.54. The van der Waals surface area contributed by atoms with Crippen LogP contribution in [0.2, 0.25) is 5.02 Å². The van der Waals surface area contributed by atoms with E-state index in [1.54, 1.807) is 18.2 Å². The molecule has 3 rings (SSSR count). The molecular formula is C26H24BrClN4O3. The lowest BCUT2D eigenvalue weighted by Crippen LogP contribution is -2.52. The van der Waals surface area contributed by atoms with Gasteiger partial charge in [-0.05, 0) is 44.8 Å². The van der Waals surface area contributed by atoms with E-state index in [1.807, 2.05) is 66.9 Å². The third-order valence-corrected chi connectivity index (χ3v) is 6.43. The molecule has 2 amide bonds. The molecule has 0 bridgehead atoms. The number of halogens is 2. The van der Waals surface area contributed by atoms with Gasteiger partial charge in [-0.2, -0.15) is 5.26 Å². The highest BCUT2D eigenvalue weighted by atomic mass is 79.9. The van der Waals surface area contributed by atoms with Crippen molar-refractivity contribution in [3.05, 3.63) is 105 Å². The third-order valence-electron chi connectivity index (χ3n) is 5.20. The van der Waals surface area contributed by atoms with E-state index in [9.17, 15) is 14.9 Å². The molecule has 3 aromatic carbocycles. The Balaban J connectivity index is 1.72. The molecule has 0 aliphatic carbocycles. The number of nitrogens with one attached hydrogen (secondary N) is 1. The van der Waals surface area contributed by atoms with Crippen molar-refractivity contribution < 1.29 is 14.3 Å². The van der Waals surface area contributed by atoms with E-state index < -0.39 is 18.0 Å². The number of nitrogens with zero attached hydrogens (tertiary/aromatic N) is 3. The van der Waals surface area contributed by atoms with Gasteiger partial charge in [0.1, 0.15) is 12.6 Å². The number of hydrogen-bond donors (Lipinski definition) is 1. The van der Waals surface area contributed by atoms with Crippen molar-refractivity contribution in [2.75, 3.05) is 7.05 Å². The van der Waals surface area contributed by atoms with Crippen molar-refractivity contribution in [1.29, 1.82) is 5.26 Å². The Morgan fingerprint density at radius 2 is 1.66 bits per heavy atom. The number of likely N-dealkylation sites (N-methyl/N-ethyl adjacent to an activating group) is 1. The Morgan fingerprint density at radius 1 is 1.03 bits per heavy atom. The fourth-order valence-corrected chi connectivity index (χ4v) is 3.77. The average molecular weight is 556 g/mol. The van der Waals surface area contributed by atoms with Crippen molar-refractivity contribution in [1.82, 2.24) is 15.3 Å². The van der Waals surface area contributed by atoms with E-state index in [-0.39, 0.29) is 19.6 Å². The zero-order valence-corrected chi connectivity index (χ0v) is 21.4. The van der Waals surface area contributed by atoms with Gasteiger partial charge in [0.15, 0.2) is 6.19 Å². The number of carbonyl (C=O) groups excluding carboxylic acids is 2. The first-order valence-electron chi connectivity index (χ1n) is 10.8. The second-order valence-electron chi connectivity index (χ2n) is 7.72. The Labute approximate surface area is 218 Å². The number of rotatable bonds is 9. The molecule has 0 saturated heterocycles. The largest absolute Gasteiger partial charge is 0.445 e. The quantitative estimate of drug-likeness (QED) is 0.220. The minimum atomic E-state index is -0.949. The Bertz CT molecular complexity index is 1190. The molecule has 3 aromatic rings. The number of hydrazine groups is 1. The van der Waals surface area contributed by atoms with Crippen LogP contribution in [0, 0.1) is 11.5 Å². The number of ether oxygens (including phenoxy) is 1. The standard InChI is InChI=1S/C26H24BrClN4O3/c1-31(32(18-29)16-21-12-13-22(27)23(28)14-21)25(33)24(15-19-8-4-2-5-9-19)30-26(34)35-17-20-10-6-3-7-11-20/h2-14,24H,15-17H2,1H3,(H,30,34)/t24-/m0/s1. The van der Waals surface area contributed by atoms with Crippen LogP contribution in [0.5, 0.6) is 0 Å². The topological polar surface area (TPSA) is 85.7 Å². The predicted octanol–water partition coefficient (Wildman–Crippen LogP) is 5.30. The molecule has 0 heterocycles. The molecular weight excluding hydrogens is 532 g/mol. The minimum absolute atomic E-state index is 0.0728. The van der Waals surface area contributed by atoms with Gasteiger partial charge in [0.25, 0.3) is 5.91 Å². The summed E-state index contributed by atoms with van der Waals surface area (Å²) in [5.41, 5.74) is 2.43. The zero-order valence-electron chi connectivity index (χ0n) is 19.0. The molecule has 0 unspecified atom stereocenters. The molecule has 0 aromatic heterocycles. The zero-order chi connectivity index (χ0) is 25.2.